The highest BCUT2D eigenvalue weighted by atomic mass is 32.1. The van der Waals surface area contributed by atoms with Gasteiger partial charge in [-0.1, -0.05) is 12.2 Å². The molecule has 0 aliphatic heterocycles. The van der Waals surface area contributed by atoms with Crippen molar-refractivity contribution >= 4 is 23.0 Å². The van der Waals surface area contributed by atoms with E-state index in [1.54, 1.807) is 26.6 Å². The van der Waals surface area contributed by atoms with E-state index in [0.29, 0.717) is 18.1 Å². The van der Waals surface area contributed by atoms with E-state index in [1.165, 1.54) is 0 Å². The van der Waals surface area contributed by atoms with Crippen LogP contribution in [0.25, 0.3) is 0 Å². The van der Waals surface area contributed by atoms with Crippen molar-refractivity contribution in [3.05, 3.63) is 41.9 Å². The quantitative estimate of drug-likeness (QED) is 0.787. The fourth-order valence-corrected chi connectivity index (χ4v) is 1.97. The normalized spacial score (nSPS) is 10.0. The Balaban J connectivity index is 2.19. The summed E-state index contributed by atoms with van der Waals surface area (Å²) >= 11 is 4.96. The number of rotatable bonds is 6. The number of hydrogen-bond donors (Lipinski definition) is 2. The summed E-state index contributed by atoms with van der Waals surface area (Å²) in [5, 5.41) is 3.16. The monoisotopic (exact) mass is 304 g/mol. The first-order chi connectivity index (χ1) is 10.2. The second-order valence-electron chi connectivity index (χ2n) is 4.15. The van der Waals surface area contributed by atoms with Gasteiger partial charge in [0.05, 0.1) is 14.2 Å². The molecule has 1 aromatic heterocycles. The van der Waals surface area contributed by atoms with E-state index in [0.717, 1.165) is 17.1 Å². The number of aromatic nitrogens is 2. The van der Waals surface area contributed by atoms with Crippen molar-refractivity contribution in [1.82, 2.24) is 9.97 Å². The fraction of sp³-hybridized carbons (Fsp3) is 0.214. The maximum atomic E-state index is 5.63. The van der Waals surface area contributed by atoms with Gasteiger partial charge in [0.1, 0.15) is 22.2 Å². The molecule has 7 heteroatoms. The van der Waals surface area contributed by atoms with Crippen LogP contribution in [-0.2, 0) is 6.54 Å². The summed E-state index contributed by atoms with van der Waals surface area (Å²) in [6, 6.07) is 5.61. The van der Waals surface area contributed by atoms with E-state index in [4.69, 9.17) is 27.4 Å². The van der Waals surface area contributed by atoms with E-state index in [1.807, 2.05) is 18.2 Å². The Morgan fingerprint density at radius 1 is 1.24 bits per heavy atom. The summed E-state index contributed by atoms with van der Waals surface area (Å²) in [4.78, 5) is 8.52. The van der Waals surface area contributed by atoms with Crippen molar-refractivity contribution in [3.8, 4) is 11.5 Å². The highest BCUT2D eigenvalue weighted by Gasteiger charge is 2.09. The first kappa shape index (κ1) is 15.0. The smallest absolute Gasteiger partial charge is 0.155 e. The number of nitrogens with one attached hydrogen (secondary N) is 1. The van der Waals surface area contributed by atoms with Gasteiger partial charge in [-0.2, -0.15) is 0 Å². The Morgan fingerprint density at radius 2 is 2.00 bits per heavy atom. The van der Waals surface area contributed by atoms with Crippen LogP contribution in [0.3, 0.4) is 0 Å². The van der Waals surface area contributed by atoms with Gasteiger partial charge in [0, 0.05) is 30.6 Å². The standard InChI is InChI=1S/C14H16N4O2S/c1-19-10-4-3-9(11(7-10)20-2)8-18-14-12(13(15)21)16-5-6-17-14/h3-7H,8H2,1-2H3,(H2,15,21)(H,17,18). The van der Waals surface area contributed by atoms with Gasteiger partial charge in [-0.3, -0.25) is 0 Å². The molecule has 0 fully saturated rings. The van der Waals surface area contributed by atoms with Crippen molar-refractivity contribution in [2.45, 2.75) is 6.54 Å². The SMILES string of the molecule is COc1ccc(CNc2nccnc2C(N)=S)c(OC)c1. The zero-order valence-corrected chi connectivity index (χ0v) is 12.6. The van der Waals surface area contributed by atoms with Gasteiger partial charge in [-0.25, -0.2) is 9.97 Å². The molecule has 0 bridgehead atoms. The number of hydrogen-bond acceptors (Lipinski definition) is 6. The summed E-state index contributed by atoms with van der Waals surface area (Å²) in [6.07, 6.45) is 3.13. The Morgan fingerprint density at radius 3 is 2.67 bits per heavy atom. The predicted octanol–water partition coefficient (Wildman–Crippen LogP) is 1.74. The highest BCUT2D eigenvalue weighted by molar-refractivity contribution is 7.80. The minimum Gasteiger partial charge on any atom is -0.497 e. The molecule has 2 rings (SSSR count). The molecule has 21 heavy (non-hydrogen) atoms. The molecule has 2 aromatic rings. The molecule has 0 atom stereocenters. The van der Waals surface area contributed by atoms with E-state index in [-0.39, 0.29) is 4.99 Å². The Kier molecular flexibility index (Phi) is 4.89. The number of benzene rings is 1. The third-order valence-electron chi connectivity index (χ3n) is 2.87. The Bertz CT molecular complexity index is 649. The van der Waals surface area contributed by atoms with Crippen molar-refractivity contribution < 1.29 is 9.47 Å². The van der Waals surface area contributed by atoms with Crippen molar-refractivity contribution in [2.75, 3.05) is 19.5 Å². The third kappa shape index (κ3) is 3.57. The Hall–Kier alpha value is -2.41. The van der Waals surface area contributed by atoms with Crippen LogP contribution in [0.4, 0.5) is 5.82 Å². The fourth-order valence-electron chi connectivity index (χ4n) is 1.82. The molecule has 110 valence electrons. The number of nitrogens with two attached hydrogens (primary N) is 1. The van der Waals surface area contributed by atoms with Crippen LogP contribution in [-0.4, -0.2) is 29.2 Å². The van der Waals surface area contributed by atoms with Gasteiger partial charge < -0.3 is 20.5 Å². The molecule has 0 amide bonds. The number of thiocarbonyl (C=S) groups is 1. The van der Waals surface area contributed by atoms with Crippen LogP contribution in [0.1, 0.15) is 11.3 Å². The zero-order chi connectivity index (χ0) is 15.2. The van der Waals surface area contributed by atoms with E-state index in [2.05, 4.69) is 15.3 Å². The Labute approximate surface area is 128 Å². The summed E-state index contributed by atoms with van der Waals surface area (Å²) in [5.41, 5.74) is 7.05. The summed E-state index contributed by atoms with van der Waals surface area (Å²) in [5.74, 6) is 2.00. The first-order valence-corrected chi connectivity index (χ1v) is 6.62. The molecule has 0 saturated heterocycles. The van der Waals surface area contributed by atoms with Crippen molar-refractivity contribution in [3.63, 3.8) is 0 Å². The molecule has 1 heterocycles. The lowest BCUT2D eigenvalue weighted by atomic mass is 10.2. The molecule has 0 aliphatic carbocycles. The lowest BCUT2D eigenvalue weighted by Crippen LogP contribution is -2.16. The van der Waals surface area contributed by atoms with Gasteiger partial charge >= 0.3 is 0 Å². The van der Waals surface area contributed by atoms with Gasteiger partial charge in [0.25, 0.3) is 0 Å². The third-order valence-corrected chi connectivity index (χ3v) is 3.07. The second kappa shape index (κ2) is 6.85. The lowest BCUT2D eigenvalue weighted by molar-refractivity contribution is 0.391. The molecule has 3 N–H and O–H groups in total. The van der Waals surface area contributed by atoms with Crippen molar-refractivity contribution in [1.29, 1.82) is 0 Å². The van der Waals surface area contributed by atoms with Gasteiger partial charge in [0.15, 0.2) is 5.82 Å². The average Bonchev–Trinajstić information content (AvgIpc) is 2.52. The van der Waals surface area contributed by atoms with Crippen molar-refractivity contribution in [2.24, 2.45) is 5.73 Å². The second-order valence-corrected chi connectivity index (χ2v) is 4.59. The summed E-state index contributed by atoms with van der Waals surface area (Å²) in [7, 11) is 3.22. The molecule has 0 unspecified atom stereocenters. The summed E-state index contributed by atoms with van der Waals surface area (Å²) in [6.45, 7) is 0.501. The van der Waals surface area contributed by atoms with Crippen LogP contribution < -0.4 is 20.5 Å². The van der Waals surface area contributed by atoms with Crippen LogP contribution in [0, 0.1) is 0 Å². The molecule has 0 radical (unpaired) electrons. The molecule has 6 nitrogen and oxygen atoms in total. The zero-order valence-electron chi connectivity index (χ0n) is 11.8. The predicted molar refractivity (Wildman–Crippen MR) is 84.8 cm³/mol. The van der Waals surface area contributed by atoms with E-state index in [9.17, 15) is 0 Å². The van der Waals surface area contributed by atoms with Crippen LogP contribution in [0.15, 0.2) is 30.6 Å². The average molecular weight is 304 g/mol. The lowest BCUT2D eigenvalue weighted by Gasteiger charge is -2.12. The molecular formula is C14H16N4O2S. The topological polar surface area (TPSA) is 82.3 Å². The molecular weight excluding hydrogens is 288 g/mol. The first-order valence-electron chi connectivity index (χ1n) is 6.21. The van der Waals surface area contributed by atoms with Gasteiger partial charge in [-0.05, 0) is 12.1 Å². The molecule has 0 aliphatic rings. The molecule has 1 aromatic carbocycles. The van der Waals surface area contributed by atoms with Crippen LogP contribution >= 0.6 is 12.2 Å². The minimum atomic E-state index is 0.201. The molecule has 0 saturated carbocycles. The minimum absolute atomic E-state index is 0.201. The van der Waals surface area contributed by atoms with Gasteiger partial charge in [-0.15, -0.1) is 0 Å². The summed E-state index contributed by atoms with van der Waals surface area (Å²) < 4.78 is 10.5. The van der Waals surface area contributed by atoms with E-state index < -0.39 is 0 Å². The maximum absolute atomic E-state index is 5.63. The maximum Gasteiger partial charge on any atom is 0.155 e. The van der Waals surface area contributed by atoms with E-state index >= 15 is 0 Å². The number of methoxy groups -OCH3 is 2. The number of anilines is 1. The molecule has 0 spiro atoms. The largest absolute Gasteiger partial charge is 0.497 e. The van der Waals surface area contributed by atoms with Crippen LogP contribution in [0.2, 0.25) is 0 Å². The number of ether oxygens (including phenoxy) is 2. The highest BCUT2D eigenvalue weighted by Crippen LogP contribution is 2.25. The number of nitrogens with zero attached hydrogens (tertiary/aromatic N) is 2. The van der Waals surface area contributed by atoms with Gasteiger partial charge in [0.2, 0.25) is 0 Å². The van der Waals surface area contributed by atoms with Crippen LogP contribution in [0.5, 0.6) is 11.5 Å².